The molecule has 1 heterocycles. The highest BCUT2D eigenvalue weighted by Gasteiger charge is 2.52. The van der Waals surface area contributed by atoms with E-state index in [0.717, 1.165) is 5.56 Å². The molecular weight excluding hydrogens is 418 g/mol. The van der Waals surface area contributed by atoms with E-state index >= 15 is 0 Å². The van der Waals surface area contributed by atoms with Crippen molar-refractivity contribution in [1.82, 2.24) is 5.32 Å². The molecule has 0 fully saturated rings. The van der Waals surface area contributed by atoms with E-state index in [9.17, 15) is 14.4 Å². The molecule has 0 aliphatic carbocycles. The lowest BCUT2D eigenvalue weighted by molar-refractivity contribution is -0.133. The number of benzene rings is 3. The Kier molecular flexibility index (Phi) is 6.13. The van der Waals surface area contributed by atoms with Gasteiger partial charge < -0.3 is 20.3 Å². The second kappa shape index (κ2) is 9.16. The summed E-state index contributed by atoms with van der Waals surface area (Å²) in [5.74, 6) is -0.456. The molecule has 33 heavy (non-hydrogen) atoms. The number of methoxy groups -OCH3 is 1. The third kappa shape index (κ3) is 4.43. The van der Waals surface area contributed by atoms with Crippen molar-refractivity contribution < 1.29 is 19.1 Å². The number of amides is 3. The molecule has 0 saturated carbocycles. The summed E-state index contributed by atoms with van der Waals surface area (Å²) < 4.78 is 5.14. The molecule has 3 amide bonds. The van der Waals surface area contributed by atoms with Crippen LogP contribution in [0.3, 0.4) is 0 Å². The van der Waals surface area contributed by atoms with E-state index < -0.39 is 17.4 Å². The molecule has 1 aliphatic heterocycles. The van der Waals surface area contributed by atoms with E-state index in [-0.39, 0.29) is 12.3 Å². The minimum atomic E-state index is -1.49. The molecule has 3 aromatic rings. The normalized spacial score (nSPS) is 16.8. The van der Waals surface area contributed by atoms with Gasteiger partial charge in [0, 0.05) is 18.2 Å². The van der Waals surface area contributed by atoms with Crippen molar-refractivity contribution >= 4 is 29.1 Å². The third-order valence-corrected chi connectivity index (χ3v) is 5.64. The van der Waals surface area contributed by atoms with Crippen molar-refractivity contribution in [1.29, 1.82) is 0 Å². The van der Waals surface area contributed by atoms with Gasteiger partial charge in [-0.3, -0.25) is 14.4 Å². The van der Waals surface area contributed by atoms with Crippen LogP contribution in [0.15, 0.2) is 78.9 Å². The van der Waals surface area contributed by atoms with Gasteiger partial charge in [-0.2, -0.15) is 0 Å². The maximum absolute atomic E-state index is 13.8. The summed E-state index contributed by atoms with van der Waals surface area (Å²) in [7, 11) is 1.56. The summed E-state index contributed by atoms with van der Waals surface area (Å²) in [4.78, 5) is 40.7. The van der Waals surface area contributed by atoms with Crippen LogP contribution in [0.5, 0.6) is 5.75 Å². The number of nitrogens with zero attached hydrogens (tertiary/aromatic N) is 1. The molecule has 1 aliphatic rings. The summed E-state index contributed by atoms with van der Waals surface area (Å²) in [6.45, 7) is 1.68. The van der Waals surface area contributed by atoms with Gasteiger partial charge in [-0.1, -0.05) is 48.5 Å². The number of hydrogen-bond acceptors (Lipinski definition) is 4. The quantitative estimate of drug-likeness (QED) is 0.584. The van der Waals surface area contributed by atoms with Crippen LogP contribution in [0, 0.1) is 0 Å². The first-order valence-corrected chi connectivity index (χ1v) is 10.6. The molecular formula is C26H25N3O4. The molecule has 0 saturated heterocycles. The summed E-state index contributed by atoms with van der Waals surface area (Å²) in [6.07, 6.45) is -0.236. The fraction of sp³-hybridized carbons (Fsp3) is 0.192. The molecule has 0 unspecified atom stereocenters. The molecule has 4 rings (SSSR count). The summed E-state index contributed by atoms with van der Waals surface area (Å²) in [6, 6.07) is 23.8. The van der Waals surface area contributed by atoms with Crippen molar-refractivity contribution in [3.05, 3.63) is 90.0 Å². The predicted octanol–water partition coefficient (Wildman–Crippen LogP) is 3.60. The Labute approximate surface area is 192 Å². The molecule has 0 radical (unpaired) electrons. The lowest BCUT2D eigenvalue weighted by Gasteiger charge is -2.29. The zero-order valence-corrected chi connectivity index (χ0v) is 18.5. The molecule has 168 valence electrons. The molecule has 7 nitrogen and oxygen atoms in total. The van der Waals surface area contributed by atoms with Crippen molar-refractivity contribution in [2.24, 2.45) is 0 Å². The number of fused-ring (bicyclic) bond motifs is 1. The lowest BCUT2D eigenvalue weighted by atomic mass is 9.87. The molecule has 2 N–H and O–H groups in total. The minimum absolute atomic E-state index is 0.236. The molecule has 1 atom stereocenters. The van der Waals surface area contributed by atoms with Gasteiger partial charge in [-0.05, 0) is 35.9 Å². The SMILES string of the molecule is COc1ccc(NC(=O)C[C@@]2(NC(C)=O)C(=O)N(Cc3ccccc3)c3ccccc32)cc1. The van der Waals surface area contributed by atoms with Crippen LogP contribution in [0.4, 0.5) is 11.4 Å². The van der Waals surface area contributed by atoms with E-state index in [1.54, 1.807) is 48.4 Å². The maximum Gasteiger partial charge on any atom is 0.258 e. The Hall–Kier alpha value is -4.13. The third-order valence-electron chi connectivity index (χ3n) is 5.64. The zero-order chi connectivity index (χ0) is 23.4. The Bertz CT molecular complexity index is 1180. The second-order valence-electron chi connectivity index (χ2n) is 7.93. The standard InChI is InChI=1S/C26H25N3O4/c1-18(30)28-26(16-24(31)27-20-12-14-21(33-2)15-13-20)22-10-6-7-11-23(22)29(25(26)32)17-19-8-4-3-5-9-19/h3-15H,16-17H2,1-2H3,(H,27,31)(H,28,30)/t26-/m0/s1. The van der Waals surface area contributed by atoms with E-state index in [1.165, 1.54) is 6.92 Å². The minimum Gasteiger partial charge on any atom is -0.497 e. The number of nitrogens with one attached hydrogen (secondary N) is 2. The number of para-hydroxylation sites is 1. The van der Waals surface area contributed by atoms with Crippen molar-refractivity contribution in [3.63, 3.8) is 0 Å². The summed E-state index contributed by atoms with van der Waals surface area (Å²) in [5, 5.41) is 5.62. The number of carbonyl (C=O) groups is 3. The average molecular weight is 444 g/mol. The number of carbonyl (C=O) groups excluding carboxylic acids is 3. The van der Waals surface area contributed by atoms with Gasteiger partial charge in [-0.25, -0.2) is 0 Å². The highest BCUT2D eigenvalue weighted by atomic mass is 16.5. The molecule has 7 heteroatoms. The maximum atomic E-state index is 13.8. The highest BCUT2D eigenvalue weighted by Crippen LogP contribution is 2.43. The summed E-state index contributed by atoms with van der Waals surface area (Å²) >= 11 is 0. The van der Waals surface area contributed by atoms with E-state index in [1.807, 2.05) is 42.5 Å². The van der Waals surface area contributed by atoms with Crippen LogP contribution < -0.4 is 20.3 Å². The number of ether oxygens (including phenoxy) is 1. The fourth-order valence-electron chi connectivity index (χ4n) is 4.20. The largest absolute Gasteiger partial charge is 0.497 e. The predicted molar refractivity (Wildman–Crippen MR) is 126 cm³/mol. The Morgan fingerprint density at radius 1 is 0.939 bits per heavy atom. The average Bonchev–Trinajstić information content (AvgIpc) is 3.02. The molecule has 3 aromatic carbocycles. The van der Waals surface area contributed by atoms with E-state index in [0.29, 0.717) is 29.2 Å². The number of rotatable bonds is 7. The second-order valence-corrected chi connectivity index (χ2v) is 7.93. The first kappa shape index (κ1) is 22.1. The van der Waals surface area contributed by atoms with Crippen LogP contribution in [0.1, 0.15) is 24.5 Å². The number of hydrogen-bond donors (Lipinski definition) is 2. The van der Waals surface area contributed by atoms with Crippen LogP contribution in [0.25, 0.3) is 0 Å². The van der Waals surface area contributed by atoms with Crippen LogP contribution >= 0.6 is 0 Å². The van der Waals surface area contributed by atoms with Crippen molar-refractivity contribution in [3.8, 4) is 5.75 Å². The van der Waals surface area contributed by atoms with Gasteiger partial charge in [0.15, 0.2) is 5.54 Å². The van der Waals surface area contributed by atoms with Gasteiger partial charge in [0.2, 0.25) is 11.8 Å². The Balaban J connectivity index is 1.67. The molecule has 0 bridgehead atoms. The molecule has 0 aromatic heterocycles. The van der Waals surface area contributed by atoms with Gasteiger partial charge in [0.1, 0.15) is 5.75 Å². The van der Waals surface area contributed by atoms with E-state index in [2.05, 4.69) is 10.6 Å². The van der Waals surface area contributed by atoms with Crippen molar-refractivity contribution in [2.45, 2.75) is 25.4 Å². The van der Waals surface area contributed by atoms with Crippen LogP contribution in [-0.2, 0) is 26.5 Å². The smallest absolute Gasteiger partial charge is 0.258 e. The fourth-order valence-corrected chi connectivity index (χ4v) is 4.20. The monoisotopic (exact) mass is 443 g/mol. The first-order valence-electron chi connectivity index (χ1n) is 10.6. The van der Waals surface area contributed by atoms with E-state index in [4.69, 9.17) is 4.74 Å². The molecule has 0 spiro atoms. The van der Waals surface area contributed by atoms with Crippen LogP contribution in [-0.4, -0.2) is 24.8 Å². The lowest BCUT2D eigenvalue weighted by Crippen LogP contribution is -2.54. The zero-order valence-electron chi connectivity index (χ0n) is 18.5. The Morgan fingerprint density at radius 2 is 1.61 bits per heavy atom. The van der Waals surface area contributed by atoms with Gasteiger partial charge in [0.05, 0.1) is 25.8 Å². The van der Waals surface area contributed by atoms with Gasteiger partial charge in [0.25, 0.3) is 5.91 Å². The van der Waals surface area contributed by atoms with Gasteiger partial charge >= 0.3 is 0 Å². The Morgan fingerprint density at radius 3 is 2.27 bits per heavy atom. The van der Waals surface area contributed by atoms with Crippen molar-refractivity contribution in [2.75, 3.05) is 17.3 Å². The van der Waals surface area contributed by atoms with Crippen LogP contribution in [0.2, 0.25) is 0 Å². The topological polar surface area (TPSA) is 87.7 Å². The highest BCUT2D eigenvalue weighted by molar-refractivity contribution is 6.12. The van der Waals surface area contributed by atoms with Gasteiger partial charge in [-0.15, -0.1) is 0 Å². The summed E-state index contributed by atoms with van der Waals surface area (Å²) in [5.41, 5.74) is 1.30. The number of anilines is 2. The first-order chi connectivity index (χ1) is 15.9.